The molecule has 0 aromatic carbocycles. The van der Waals surface area contributed by atoms with Crippen LogP contribution in [-0.2, 0) is 42.5 Å². The van der Waals surface area contributed by atoms with Crippen LogP contribution in [0, 0.1) is 0 Å². The van der Waals surface area contributed by atoms with Gasteiger partial charge < -0.3 is 8.86 Å². The van der Waals surface area contributed by atoms with Crippen LogP contribution in [0.4, 0.5) is 26.3 Å². The molecular weight excluding hydrogens is 530 g/mol. The summed E-state index contributed by atoms with van der Waals surface area (Å²) in [5.41, 5.74) is -10.6. The molecule has 1 aromatic heterocycles. The highest BCUT2D eigenvalue weighted by atomic mass is 32.3. The van der Waals surface area contributed by atoms with Crippen molar-refractivity contribution in [1.29, 1.82) is 0 Å². The Bertz CT molecular complexity index is 1010. The minimum Gasteiger partial charge on any atom is -0.462 e. The summed E-state index contributed by atoms with van der Waals surface area (Å²) in [6, 6.07) is 4.26. The number of rotatable bonds is 11. The molecule has 0 aliphatic carbocycles. The number of halogens is 6. The molecule has 0 N–H and O–H groups in total. The minimum atomic E-state index is -6.72. The summed E-state index contributed by atoms with van der Waals surface area (Å²) in [4.78, 5) is 11.2. The highest BCUT2D eigenvalue weighted by Crippen LogP contribution is 2.36. The van der Waals surface area contributed by atoms with Crippen LogP contribution in [0.2, 0.25) is 0 Å². The van der Waals surface area contributed by atoms with E-state index in [1.807, 2.05) is 0 Å². The fourth-order valence-corrected chi connectivity index (χ4v) is 3.85. The van der Waals surface area contributed by atoms with Crippen LogP contribution in [0.1, 0.15) is 45.1 Å². The lowest BCUT2D eigenvalue weighted by molar-refractivity contribution is -0.697. The largest absolute Gasteiger partial charge is 0.480 e. The molecule has 202 valence electrons. The summed E-state index contributed by atoms with van der Waals surface area (Å²) in [5.74, 6) is -0.290. The molecule has 0 bridgehead atoms. The Kier molecular flexibility index (Phi) is 12.9. The molecule has 0 amide bonds. The predicted octanol–water partition coefficient (Wildman–Crippen LogP) is 4.28. The average molecular weight is 557 g/mol. The third-order valence-corrected chi connectivity index (χ3v) is 6.65. The summed E-state index contributed by atoms with van der Waals surface area (Å²) in [7, 11) is -13.4. The van der Waals surface area contributed by atoms with Crippen molar-refractivity contribution in [2.45, 2.75) is 63.5 Å². The van der Waals surface area contributed by atoms with E-state index in [-0.39, 0.29) is 5.97 Å². The Morgan fingerprint density at radius 3 is 2.03 bits per heavy atom. The molecule has 35 heavy (non-hydrogen) atoms. The first kappa shape index (κ1) is 32.8. The molecule has 8 nitrogen and oxygen atoms in total. The van der Waals surface area contributed by atoms with Crippen LogP contribution in [0.3, 0.4) is 0 Å². The second-order valence-corrected chi connectivity index (χ2v) is 10.5. The van der Waals surface area contributed by atoms with Crippen LogP contribution in [0.5, 0.6) is 0 Å². The fraction of sp³-hybridized carbons (Fsp3) is 0.579. The lowest BCUT2D eigenvalue weighted by atomic mass is 10.1. The van der Waals surface area contributed by atoms with E-state index in [4.69, 9.17) is 4.74 Å². The van der Waals surface area contributed by atoms with E-state index in [2.05, 4.69) is 42.6 Å². The van der Waals surface area contributed by atoms with E-state index in [0.717, 1.165) is 29.9 Å². The van der Waals surface area contributed by atoms with Gasteiger partial charge in [0.25, 0.3) is 0 Å². The normalized spacial score (nSPS) is 12.5. The Hall–Kier alpha value is -2.20. The number of carbonyl (C=O) groups excluding carboxylic acids is 1. The summed E-state index contributed by atoms with van der Waals surface area (Å²) < 4.78 is 117. The summed E-state index contributed by atoms with van der Waals surface area (Å²) in [6.07, 6.45) is 9.71. The van der Waals surface area contributed by atoms with Crippen LogP contribution in [0.25, 0.3) is 4.13 Å². The van der Waals surface area contributed by atoms with Gasteiger partial charge in [-0.15, -0.1) is 0 Å². The minimum absolute atomic E-state index is 0.290. The van der Waals surface area contributed by atoms with Gasteiger partial charge in [0, 0.05) is 23.6 Å². The van der Waals surface area contributed by atoms with Crippen LogP contribution in [-0.4, -0.2) is 40.4 Å². The first-order valence-corrected chi connectivity index (χ1v) is 12.9. The molecular formula is C19H26F6N2O6S2. The van der Waals surface area contributed by atoms with Gasteiger partial charge >= 0.3 is 17.0 Å². The van der Waals surface area contributed by atoms with Crippen molar-refractivity contribution in [3.8, 4) is 0 Å². The van der Waals surface area contributed by atoms with Gasteiger partial charge in [-0.25, -0.2) is 26.2 Å². The first-order valence-electron chi connectivity index (χ1n) is 10.0. The number of alkyl halides is 6. The van der Waals surface area contributed by atoms with Crippen molar-refractivity contribution in [2.75, 3.05) is 6.61 Å². The Balaban J connectivity index is 0.000000691. The van der Waals surface area contributed by atoms with E-state index in [1.54, 1.807) is 6.92 Å². The van der Waals surface area contributed by atoms with Gasteiger partial charge in [-0.2, -0.15) is 26.3 Å². The van der Waals surface area contributed by atoms with Crippen molar-refractivity contribution in [3.05, 3.63) is 46.4 Å². The van der Waals surface area contributed by atoms with Gasteiger partial charge in [0.2, 0.25) is 0 Å². The third kappa shape index (κ3) is 12.4. The smallest absolute Gasteiger partial charge is 0.462 e. The highest BCUT2D eigenvalue weighted by molar-refractivity contribution is 8.13. The molecule has 0 aliphatic rings. The number of sulfonamides is 2. The Labute approximate surface area is 200 Å². The van der Waals surface area contributed by atoms with Gasteiger partial charge in [-0.05, 0) is 32.3 Å². The zero-order valence-corrected chi connectivity index (χ0v) is 20.5. The molecule has 0 saturated heterocycles. The zero-order valence-electron chi connectivity index (χ0n) is 18.9. The van der Waals surface area contributed by atoms with Gasteiger partial charge in [-0.1, -0.05) is 19.9 Å². The molecule has 16 heteroatoms. The van der Waals surface area contributed by atoms with Gasteiger partial charge in [0.05, 0.1) is 6.61 Å². The maximum Gasteiger partial charge on any atom is 0.480 e. The molecule has 0 atom stereocenters. The fourth-order valence-electron chi connectivity index (χ4n) is 2.14. The SMILES string of the molecule is C=C(C)C(=O)OCCCCc1ccc[n+](CCCC)c1.O=S(=O)([N-]S(=O)(=O)C(F)(F)F)C(F)(F)F. The maximum absolute atomic E-state index is 11.4. The number of aromatic nitrogens is 1. The number of unbranched alkanes of at least 4 members (excludes halogenated alkanes) is 2. The van der Waals surface area contributed by atoms with Crippen LogP contribution in [0.15, 0.2) is 36.7 Å². The number of carbonyl (C=O) groups is 1. The lowest BCUT2D eigenvalue weighted by Gasteiger charge is -2.22. The number of aryl methyl sites for hydroxylation is 2. The first-order chi connectivity index (χ1) is 15.8. The summed E-state index contributed by atoms with van der Waals surface area (Å²) >= 11 is 0. The van der Waals surface area contributed by atoms with Crippen LogP contribution >= 0.6 is 0 Å². The lowest BCUT2D eigenvalue weighted by Crippen LogP contribution is -2.33. The predicted molar refractivity (Wildman–Crippen MR) is 114 cm³/mol. The van der Waals surface area contributed by atoms with Gasteiger partial charge in [0.1, 0.15) is 6.54 Å². The van der Waals surface area contributed by atoms with E-state index in [0.29, 0.717) is 12.2 Å². The third-order valence-electron chi connectivity index (χ3n) is 3.91. The Morgan fingerprint density at radius 1 is 1.03 bits per heavy atom. The van der Waals surface area contributed by atoms with Crippen molar-refractivity contribution in [3.63, 3.8) is 0 Å². The molecule has 0 unspecified atom stereocenters. The van der Waals surface area contributed by atoms with Gasteiger partial charge in [-0.3, -0.25) is 0 Å². The molecule has 0 saturated carbocycles. The van der Waals surface area contributed by atoms with Gasteiger partial charge in [0.15, 0.2) is 32.4 Å². The number of ether oxygens (including phenoxy) is 1. The summed E-state index contributed by atoms with van der Waals surface area (Å²) in [5, 5.41) is 0. The van der Waals surface area contributed by atoms with Crippen molar-refractivity contribution < 1.29 is 57.3 Å². The number of esters is 1. The Morgan fingerprint density at radius 2 is 1.57 bits per heavy atom. The molecule has 0 fully saturated rings. The van der Waals surface area contributed by atoms with E-state index in [9.17, 15) is 48.0 Å². The zero-order chi connectivity index (χ0) is 27.5. The molecule has 0 spiro atoms. The second-order valence-electron chi connectivity index (χ2n) is 7.09. The van der Waals surface area contributed by atoms with Crippen molar-refractivity contribution >= 4 is 26.0 Å². The molecule has 1 aromatic rings. The maximum atomic E-state index is 11.4. The van der Waals surface area contributed by atoms with Crippen molar-refractivity contribution in [2.24, 2.45) is 0 Å². The molecule has 1 heterocycles. The molecule has 0 aliphatic heterocycles. The van der Waals surface area contributed by atoms with E-state index < -0.39 is 31.1 Å². The number of hydrogen-bond acceptors (Lipinski definition) is 6. The van der Waals surface area contributed by atoms with E-state index in [1.165, 1.54) is 18.4 Å². The summed E-state index contributed by atoms with van der Waals surface area (Å²) in [6.45, 7) is 9.00. The topological polar surface area (TPSA) is 113 Å². The second kappa shape index (κ2) is 13.8. The monoisotopic (exact) mass is 556 g/mol. The van der Waals surface area contributed by atoms with Crippen molar-refractivity contribution in [1.82, 2.24) is 0 Å². The number of pyridine rings is 1. The average Bonchev–Trinajstić information content (AvgIpc) is 2.70. The quantitative estimate of drug-likeness (QED) is 0.132. The highest BCUT2D eigenvalue weighted by Gasteiger charge is 2.46. The van der Waals surface area contributed by atoms with E-state index >= 15 is 0 Å². The standard InChI is InChI=1S/C17H26NO2.C2F6NO4S2/c1-4-5-11-18-12-8-10-16(14-18)9-6-7-13-20-17(19)15(2)3;3-1(4,5)14(10,11)9-15(12,13)2(6,7)8/h8,10,12,14H,2,4-7,9,11,13H2,1,3H3;/q+1;-1. The van der Waals surface area contributed by atoms with Crippen LogP contribution < -0.4 is 4.57 Å². The molecule has 1 rings (SSSR count). The number of nitrogens with zero attached hydrogens (tertiary/aromatic N) is 2. The molecule has 0 radical (unpaired) electrons. The number of hydrogen-bond donors (Lipinski definition) is 0.